The number of hydrogen-bond acceptors (Lipinski definition) is 5. The van der Waals surface area contributed by atoms with E-state index in [1.807, 2.05) is 13.1 Å². The average molecular weight is 242 g/mol. The number of rotatable bonds is 5. The minimum atomic E-state index is -3.55. The highest BCUT2D eigenvalue weighted by Gasteiger charge is 2.43. The van der Waals surface area contributed by atoms with E-state index in [9.17, 15) is 0 Å². The predicted molar refractivity (Wildman–Crippen MR) is 55.7 cm³/mol. The molecule has 0 spiro atoms. The van der Waals surface area contributed by atoms with Gasteiger partial charge in [0.1, 0.15) is 0 Å². The van der Waals surface area contributed by atoms with Gasteiger partial charge in [-0.25, -0.2) is 0 Å². The van der Waals surface area contributed by atoms with Gasteiger partial charge in [0.05, 0.1) is 0 Å². The lowest BCUT2D eigenvalue weighted by Crippen LogP contribution is -2.53. The van der Waals surface area contributed by atoms with Gasteiger partial charge < -0.3 is 22.2 Å². The van der Waals surface area contributed by atoms with E-state index >= 15 is 0 Å². The lowest BCUT2D eigenvalue weighted by atomic mass is 11.8. The molecule has 5 nitrogen and oxygen atoms in total. The van der Waals surface area contributed by atoms with Gasteiger partial charge in [-0.1, -0.05) is 0 Å². The second-order valence-electron chi connectivity index (χ2n) is 3.27. The van der Waals surface area contributed by atoms with E-state index in [1.54, 1.807) is 6.55 Å². The summed E-state index contributed by atoms with van der Waals surface area (Å²) < 4.78 is 15.6. The molecule has 0 amide bonds. The van der Waals surface area contributed by atoms with Crippen molar-refractivity contribution in [1.29, 1.82) is 0 Å². The lowest BCUT2D eigenvalue weighted by Gasteiger charge is -2.30. The standard InChI is InChI=1S/C5H18O5Si3/c1-8-13(5,9-11(2)3)10-12(4,6)7/h6-7,11H,1-5H3. The van der Waals surface area contributed by atoms with Gasteiger partial charge in [-0.05, 0) is 13.1 Å². The molecule has 0 aromatic carbocycles. The summed E-state index contributed by atoms with van der Waals surface area (Å²) in [6.45, 7) is 6.88. The van der Waals surface area contributed by atoms with Crippen molar-refractivity contribution >= 4 is 26.6 Å². The summed E-state index contributed by atoms with van der Waals surface area (Å²) in [6, 6.07) is 0. The summed E-state index contributed by atoms with van der Waals surface area (Å²) in [7, 11) is -6.17. The second-order valence-corrected chi connectivity index (χ2v) is 11.1. The van der Waals surface area contributed by atoms with Gasteiger partial charge in [0.15, 0.2) is 9.04 Å². The Balaban J connectivity index is 4.28. The third kappa shape index (κ3) is 6.51. The molecule has 0 saturated carbocycles. The third-order valence-corrected chi connectivity index (χ3v) is 8.57. The zero-order valence-electron chi connectivity index (χ0n) is 8.70. The van der Waals surface area contributed by atoms with Crippen LogP contribution in [0.1, 0.15) is 0 Å². The van der Waals surface area contributed by atoms with Crippen molar-refractivity contribution in [3.8, 4) is 0 Å². The van der Waals surface area contributed by atoms with E-state index in [0.29, 0.717) is 0 Å². The molecule has 13 heavy (non-hydrogen) atoms. The highest BCUT2D eigenvalue weighted by Crippen LogP contribution is 2.13. The largest absolute Gasteiger partial charge is 0.484 e. The maximum absolute atomic E-state index is 9.16. The van der Waals surface area contributed by atoms with Gasteiger partial charge in [-0.3, -0.25) is 0 Å². The van der Waals surface area contributed by atoms with Crippen LogP contribution in [-0.4, -0.2) is 43.4 Å². The zero-order chi connectivity index (χ0) is 10.7. The van der Waals surface area contributed by atoms with Crippen LogP contribution >= 0.6 is 0 Å². The Hall–Kier alpha value is 0.451. The summed E-state index contributed by atoms with van der Waals surface area (Å²) in [4.78, 5) is 18.3. The van der Waals surface area contributed by atoms with Gasteiger partial charge >= 0.3 is 17.6 Å². The molecular formula is C5H18O5Si3. The van der Waals surface area contributed by atoms with Crippen molar-refractivity contribution in [1.82, 2.24) is 0 Å². The summed E-state index contributed by atoms with van der Waals surface area (Å²) in [6.07, 6.45) is 0. The molecule has 80 valence electrons. The SMILES string of the molecule is CO[Si](C)(O[SiH](C)C)O[Si](C)(O)O. The summed E-state index contributed by atoms with van der Waals surface area (Å²) in [5.74, 6) is 0. The van der Waals surface area contributed by atoms with Crippen LogP contribution in [0, 0.1) is 0 Å². The van der Waals surface area contributed by atoms with Crippen LogP contribution in [0.2, 0.25) is 26.2 Å². The fourth-order valence-corrected chi connectivity index (χ4v) is 8.47. The van der Waals surface area contributed by atoms with E-state index < -0.39 is 26.6 Å². The third-order valence-electron chi connectivity index (χ3n) is 1.20. The van der Waals surface area contributed by atoms with Crippen LogP contribution in [0.15, 0.2) is 0 Å². The second kappa shape index (κ2) is 4.80. The molecule has 2 N–H and O–H groups in total. The highest BCUT2D eigenvalue weighted by atomic mass is 28.5. The van der Waals surface area contributed by atoms with E-state index in [1.165, 1.54) is 13.7 Å². The Kier molecular flexibility index (Phi) is 4.96. The van der Waals surface area contributed by atoms with Gasteiger partial charge in [-0.2, -0.15) is 0 Å². The van der Waals surface area contributed by atoms with Gasteiger partial charge in [0.25, 0.3) is 0 Å². The van der Waals surface area contributed by atoms with E-state index in [0.717, 1.165) is 0 Å². The molecule has 0 bridgehead atoms. The smallest absolute Gasteiger partial charge is 0.419 e. The summed E-state index contributed by atoms with van der Waals surface area (Å²) in [5.41, 5.74) is 0. The Morgan fingerprint density at radius 3 is 1.85 bits per heavy atom. The molecule has 0 aromatic heterocycles. The normalized spacial score (nSPS) is 17.5. The van der Waals surface area contributed by atoms with Crippen molar-refractivity contribution in [2.75, 3.05) is 7.11 Å². The van der Waals surface area contributed by atoms with E-state index in [4.69, 9.17) is 22.2 Å². The fraction of sp³-hybridized carbons (Fsp3) is 1.00. The Bertz CT molecular complexity index is 159. The highest BCUT2D eigenvalue weighted by molar-refractivity contribution is 6.76. The first-order valence-electron chi connectivity index (χ1n) is 4.06. The first kappa shape index (κ1) is 13.5. The molecule has 8 heteroatoms. The van der Waals surface area contributed by atoms with Crippen LogP contribution in [0.3, 0.4) is 0 Å². The van der Waals surface area contributed by atoms with Crippen molar-refractivity contribution < 1.29 is 22.2 Å². The lowest BCUT2D eigenvalue weighted by molar-refractivity contribution is 0.151. The van der Waals surface area contributed by atoms with Crippen molar-refractivity contribution in [3.05, 3.63) is 0 Å². The van der Waals surface area contributed by atoms with E-state index in [2.05, 4.69) is 0 Å². The average Bonchev–Trinajstić information content (AvgIpc) is 1.81. The Morgan fingerprint density at radius 1 is 1.15 bits per heavy atom. The molecule has 1 unspecified atom stereocenters. The van der Waals surface area contributed by atoms with Crippen LogP contribution in [-0.2, 0) is 12.7 Å². The van der Waals surface area contributed by atoms with Gasteiger partial charge in [0.2, 0.25) is 0 Å². The first-order valence-corrected chi connectivity index (χ1v) is 11.4. The van der Waals surface area contributed by atoms with Crippen molar-refractivity contribution in [2.45, 2.75) is 26.2 Å². The van der Waals surface area contributed by atoms with Gasteiger partial charge in [0, 0.05) is 20.2 Å². The van der Waals surface area contributed by atoms with Crippen LogP contribution < -0.4 is 0 Å². The maximum Gasteiger partial charge on any atom is 0.484 e. The monoisotopic (exact) mass is 242 g/mol. The van der Waals surface area contributed by atoms with Crippen molar-refractivity contribution in [3.63, 3.8) is 0 Å². The maximum atomic E-state index is 9.16. The Labute approximate surface area is 82.7 Å². The van der Waals surface area contributed by atoms with Crippen LogP contribution in [0.5, 0.6) is 0 Å². The molecule has 0 fully saturated rings. The molecule has 0 saturated heterocycles. The molecule has 0 heterocycles. The molecule has 0 aliphatic heterocycles. The van der Waals surface area contributed by atoms with Crippen molar-refractivity contribution in [2.24, 2.45) is 0 Å². The zero-order valence-corrected chi connectivity index (χ0v) is 11.9. The summed E-state index contributed by atoms with van der Waals surface area (Å²) in [5, 5.41) is 0. The topological polar surface area (TPSA) is 68.2 Å². The molecular weight excluding hydrogens is 224 g/mol. The Morgan fingerprint density at radius 2 is 1.62 bits per heavy atom. The predicted octanol–water partition coefficient (Wildman–Crippen LogP) is -0.229. The molecule has 0 aliphatic rings. The van der Waals surface area contributed by atoms with Crippen LogP contribution in [0.25, 0.3) is 0 Å². The molecule has 1 atom stereocenters. The molecule has 0 radical (unpaired) electrons. The first-order chi connectivity index (χ1) is 5.68. The number of hydrogen-bond donors (Lipinski definition) is 2. The minimum Gasteiger partial charge on any atom is -0.419 e. The van der Waals surface area contributed by atoms with Gasteiger partial charge in [-0.15, -0.1) is 0 Å². The summed E-state index contributed by atoms with van der Waals surface area (Å²) >= 11 is 0. The van der Waals surface area contributed by atoms with Crippen LogP contribution in [0.4, 0.5) is 0 Å². The minimum absolute atomic E-state index is 1.27. The fourth-order valence-electron chi connectivity index (χ4n) is 0.893. The quantitative estimate of drug-likeness (QED) is 0.652. The molecule has 0 rings (SSSR count). The van der Waals surface area contributed by atoms with E-state index in [-0.39, 0.29) is 0 Å². The molecule has 0 aliphatic carbocycles. The molecule has 0 aromatic rings.